The Morgan fingerprint density at radius 1 is 1.09 bits per heavy atom. The van der Waals surface area contributed by atoms with Crippen LogP contribution < -0.4 is 26.2 Å². The topological polar surface area (TPSA) is 191 Å². The molecule has 4 heterocycles. The van der Waals surface area contributed by atoms with E-state index in [9.17, 15) is 28.7 Å². The van der Waals surface area contributed by atoms with Crippen molar-refractivity contribution in [3.8, 4) is 11.5 Å². The van der Waals surface area contributed by atoms with Gasteiger partial charge in [-0.05, 0) is 31.5 Å². The number of ether oxygens (including phenoxy) is 1. The third-order valence-electron chi connectivity index (χ3n) is 6.52. The Morgan fingerprint density at radius 2 is 1.81 bits per heavy atom. The molecule has 0 bridgehead atoms. The first-order chi connectivity index (χ1) is 20.4. The quantitative estimate of drug-likeness (QED) is 0.233. The van der Waals surface area contributed by atoms with Crippen LogP contribution in [0, 0.1) is 12.7 Å². The third-order valence-corrected chi connectivity index (χ3v) is 6.52. The molecule has 14 nitrogen and oxygen atoms in total. The third kappa shape index (κ3) is 5.64. The number of rotatable bonds is 8. The van der Waals surface area contributed by atoms with Gasteiger partial charge in [-0.25, -0.2) is 4.39 Å². The molecule has 5 rings (SSSR count). The van der Waals surface area contributed by atoms with E-state index in [1.54, 1.807) is 26.0 Å². The molecule has 1 aliphatic rings. The number of aromatic hydroxyl groups is 1. The summed E-state index contributed by atoms with van der Waals surface area (Å²) in [5.41, 5.74) is -1.45. The Labute approximate surface area is 242 Å². The smallest absolute Gasteiger partial charge is 0.309 e. The van der Waals surface area contributed by atoms with E-state index in [1.165, 1.54) is 32.3 Å². The molecule has 3 amide bonds. The van der Waals surface area contributed by atoms with Crippen LogP contribution in [-0.2, 0) is 11.2 Å². The Hall–Kier alpha value is -5.60. The minimum atomic E-state index is -0.991. The maximum absolute atomic E-state index is 13.5. The molecular formula is C28H26FN7O7. The number of pyridine rings is 2. The first-order valence-electron chi connectivity index (χ1n) is 12.9. The molecule has 15 heteroatoms. The highest BCUT2D eigenvalue weighted by atomic mass is 19.1. The number of amides is 3. The number of benzene rings is 1. The van der Waals surface area contributed by atoms with Crippen LogP contribution in [0.25, 0.3) is 17.2 Å². The summed E-state index contributed by atoms with van der Waals surface area (Å²) in [4.78, 5) is 56.0. The van der Waals surface area contributed by atoms with Gasteiger partial charge in [0, 0.05) is 38.7 Å². The number of carbonyl (C=O) groups is 3. The van der Waals surface area contributed by atoms with E-state index in [0.717, 1.165) is 10.8 Å². The Balaban J connectivity index is 1.49. The van der Waals surface area contributed by atoms with Crippen LogP contribution in [0.15, 0.2) is 45.4 Å². The number of aryl methyl sites for hydroxylation is 1. The fraction of sp³-hybridized carbons (Fsp3) is 0.250. The average Bonchev–Trinajstić information content (AvgIpc) is 3.42. The van der Waals surface area contributed by atoms with E-state index in [0.29, 0.717) is 11.1 Å². The lowest BCUT2D eigenvalue weighted by molar-refractivity contribution is -0.119. The highest BCUT2D eigenvalue weighted by molar-refractivity contribution is 6.04. The standard InChI is InChI=1S/C28H26FN7O7/c1-13-34-35-26(42-13)25(40)33-28(2,3)12-32-23(38)17-11-36-20-19(21(37)18(27(36)41)24(39)30-4)31-10-15(22(20)43-17)9-14-5-7-16(29)8-6-14/h5-8,10-11,37H,9,12H2,1-4H3,(H,30,39)(H,32,38)(H,33,40). The summed E-state index contributed by atoms with van der Waals surface area (Å²) >= 11 is 0. The maximum Gasteiger partial charge on any atom is 0.309 e. The van der Waals surface area contributed by atoms with Crippen LogP contribution in [0.4, 0.5) is 4.39 Å². The van der Waals surface area contributed by atoms with Crippen molar-refractivity contribution >= 4 is 35.0 Å². The summed E-state index contributed by atoms with van der Waals surface area (Å²) < 4.78 is 25.6. The normalized spacial score (nSPS) is 12.3. The molecule has 4 N–H and O–H groups in total. The van der Waals surface area contributed by atoms with Crippen molar-refractivity contribution in [1.82, 2.24) is 35.7 Å². The van der Waals surface area contributed by atoms with E-state index in [-0.39, 0.29) is 47.3 Å². The number of aromatic nitrogens is 4. The molecule has 0 aliphatic carbocycles. The zero-order valence-electron chi connectivity index (χ0n) is 23.4. The summed E-state index contributed by atoms with van der Waals surface area (Å²) in [6, 6.07) is 5.69. The second kappa shape index (κ2) is 11.0. The zero-order chi connectivity index (χ0) is 31.1. The van der Waals surface area contributed by atoms with E-state index < -0.39 is 45.9 Å². The molecule has 0 saturated heterocycles. The van der Waals surface area contributed by atoms with Crippen molar-refractivity contribution in [2.24, 2.45) is 0 Å². The van der Waals surface area contributed by atoms with Gasteiger partial charge in [0.25, 0.3) is 17.4 Å². The fourth-order valence-corrected chi connectivity index (χ4v) is 4.42. The van der Waals surface area contributed by atoms with Crippen LogP contribution >= 0.6 is 0 Å². The van der Waals surface area contributed by atoms with Gasteiger partial charge in [-0.2, -0.15) is 0 Å². The fourth-order valence-electron chi connectivity index (χ4n) is 4.42. The Kier molecular flexibility index (Phi) is 7.40. The first-order valence-corrected chi connectivity index (χ1v) is 12.9. The summed E-state index contributed by atoms with van der Waals surface area (Å²) in [5.74, 6) is -3.62. The highest BCUT2D eigenvalue weighted by Crippen LogP contribution is 2.38. The summed E-state index contributed by atoms with van der Waals surface area (Å²) in [6.45, 7) is 4.75. The van der Waals surface area contributed by atoms with Gasteiger partial charge in [0.1, 0.15) is 22.4 Å². The molecule has 222 valence electrons. The van der Waals surface area contributed by atoms with Crippen molar-refractivity contribution in [3.05, 3.63) is 80.9 Å². The summed E-state index contributed by atoms with van der Waals surface area (Å²) in [7, 11) is 1.30. The largest absolute Gasteiger partial charge is 0.505 e. The van der Waals surface area contributed by atoms with Gasteiger partial charge in [0.15, 0.2) is 11.5 Å². The minimum Gasteiger partial charge on any atom is -0.505 e. The van der Waals surface area contributed by atoms with Crippen molar-refractivity contribution in [1.29, 1.82) is 0 Å². The number of carbonyl (C=O) groups excluding carboxylic acids is 3. The molecule has 1 aliphatic heterocycles. The second-order valence-electron chi connectivity index (χ2n) is 10.3. The number of nitrogens with one attached hydrogen (secondary N) is 3. The SMILES string of the molecule is CNC(=O)c1c(O)c2ncc(Cc3ccc(F)cc3)c3c2n(c1=O)C=C(C(=O)NCC(C)(C)NC(=O)c1nnc(C)o1)O3. The molecular weight excluding hydrogens is 565 g/mol. The molecule has 3 aromatic heterocycles. The molecule has 43 heavy (non-hydrogen) atoms. The molecule has 0 unspecified atom stereocenters. The molecule has 1 aromatic carbocycles. The Morgan fingerprint density at radius 3 is 2.47 bits per heavy atom. The molecule has 0 spiro atoms. The molecule has 0 fully saturated rings. The Bertz CT molecular complexity index is 1880. The summed E-state index contributed by atoms with van der Waals surface area (Å²) in [5, 5.41) is 25.8. The number of hydrogen-bond acceptors (Lipinski definition) is 10. The van der Waals surface area contributed by atoms with Crippen LogP contribution in [0.2, 0.25) is 0 Å². The molecule has 0 radical (unpaired) electrons. The molecule has 0 atom stereocenters. The van der Waals surface area contributed by atoms with Crippen LogP contribution in [0.5, 0.6) is 11.5 Å². The van der Waals surface area contributed by atoms with Gasteiger partial charge in [-0.3, -0.25) is 28.7 Å². The van der Waals surface area contributed by atoms with E-state index >= 15 is 0 Å². The van der Waals surface area contributed by atoms with Gasteiger partial charge in [0.05, 0.1) is 11.7 Å². The minimum absolute atomic E-state index is 0.0359. The van der Waals surface area contributed by atoms with Crippen LogP contribution in [0.1, 0.15) is 51.9 Å². The predicted molar refractivity (Wildman–Crippen MR) is 149 cm³/mol. The number of nitrogens with zero attached hydrogens (tertiary/aromatic N) is 4. The van der Waals surface area contributed by atoms with Crippen LogP contribution in [-0.4, -0.2) is 61.7 Å². The molecule has 0 saturated carbocycles. The van der Waals surface area contributed by atoms with E-state index in [1.807, 2.05) is 0 Å². The number of hydrogen-bond donors (Lipinski definition) is 4. The van der Waals surface area contributed by atoms with Gasteiger partial charge in [-0.1, -0.05) is 12.1 Å². The van der Waals surface area contributed by atoms with Gasteiger partial charge in [-0.15, -0.1) is 10.2 Å². The monoisotopic (exact) mass is 591 g/mol. The summed E-state index contributed by atoms with van der Waals surface area (Å²) in [6.07, 6.45) is 2.64. The maximum atomic E-state index is 13.5. The van der Waals surface area contributed by atoms with E-state index in [4.69, 9.17) is 9.15 Å². The van der Waals surface area contributed by atoms with E-state index in [2.05, 4.69) is 31.1 Å². The van der Waals surface area contributed by atoms with Crippen molar-refractivity contribution in [2.75, 3.05) is 13.6 Å². The first kappa shape index (κ1) is 28.9. The number of halogens is 1. The average molecular weight is 592 g/mol. The van der Waals surface area contributed by atoms with Gasteiger partial charge >= 0.3 is 11.8 Å². The highest BCUT2D eigenvalue weighted by Gasteiger charge is 2.31. The second-order valence-corrected chi connectivity index (χ2v) is 10.3. The lowest BCUT2D eigenvalue weighted by Gasteiger charge is -2.27. The van der Waals surface area contributed by atoms with Gasteiger partial charge in [0.2, 0.25) is 11.6 Å². The predicted octanol–water partition coefficient (Wildman–Crippen LogP) is 1.40. The zero-order valence-corrected chi connectivity index (χ0v) is 23.4. The molecule has 4 aromatic rings. The van der Waals surface area contributed by atoms with Crippen molar-refractivity contribution in [2.45, 2.75) is 32.7 Å². The van der Waals surface area contributed by atoms with Gasteiger partial charge < -0.3 is 30.2 Å². The lowest BCUT2D eigenvalue weighted by Crippen LogP contribution is -2.52. The van der Waals surface area contributed by atoms with Crippen molar-refractivity contribution in [3.63, 3.8) is 0 Å². The van der Waals surface area contributed by atoms with Crippen LogP contribution in [0.3, 0.4) is 0 Å². The van der Waals surface area contributed by atoms with Crippen molar-refractivity contribution < 1.29 is 33.0 Å². The lowest BCUT2D eigenvalue weighted by atomic mass is 10.0.